The van der Waals surface area contributed by atoms with Crippen LogP contribution in [0.1, 0.15) is 322 Å². The van der Waals surface area contributed by atoms with Gasteiger partial charge in [0.2, 0.25) is 5.91 Å². The van der Waals surface area contributed by atoms with Crippen LogP contribution in [-0.2, 0) is 4.79 Å². The normalized spacial score (nSPS) is 13.2. The number of allylic oxidation sites excluding steroid dienone is 9. The minimum Gasteiger partial charge on any atom is -0.394 e. The van der Waals surface area contributed by atoms with Crippen molar-refractivity contribution in [3.05, 3.63) is 60.8 Å². The molecule has 4 nitrogen and oxygen atoms in total. The summed E-state index contributed by atoms with van der Waals surface area (Å²) in [6.45, 7) is 4.31. The number of nitrogens with one attached hydrogen (secondary N) is 1. The van der Waals surface area contributed by atoms with Crippen molar-refractivity contribution >= 4 is 5.91 Å². The molecule has 0 saturated carbocycles. The molecule has 68 heavy (non-hydrogen) atoms. The predicted octanol–water partition coefficient (Wildman–Crippen LogP) is 20.4. The summed E-state index contributed by atoms with van der Waals surface area (Å²) in [4.78, 5) is 12.5. The van der Waals surface area contributed by atoms with Crippen molar-refractivity contribution in [3.63, 3.8) is 0 Å². The zero-order chi connectivity index (χ0) is 49.2. The van der Waals surface area contributed by atoms with Gasteiger partial charge < -0.3 is 15.5 Å². The Bertz CT molecular complexity index is 1120. The van der Waals surface area contributed by atoms with Crippen molar-refractivity contribution in [2.45, 2.75) is 334 Å². The smallest absolute Gasteiger partial charge is 0.220 e. The molecule has 0 aromatic heterocycles. The molecule has 3 N–H and O–H groups in total. The number of amides is 1. The second kappa shape index (κ2) is 59.4. The van der Waals surface area contributed by atoms with E-state index in [1.807, 2.05) is 6.08 Å². The molecule has 0 rings (SSSR count). The highest BCUT2D eigenvalue weighted by molar-refractivity contribution is 5.76. The van der Waals surface area contributed by atoms with Crippen LogP contribution >= 0.6 is 0 Å². The first-order chi connectivity index (χ1) is 33.7. The number of carbonyl (C=O) groups is 1. The Morgan fingerprint density at radius 1 is 0.353 bits per heavy atom. The van der Waals surface area contributed by atoms with Crippen LogP contribution in [0.4, 0.5) is 0 Å². The van der Waals surface area contributed by atoms with E-state index in [9.17, 15) is 15.0 Å². The largest absolute Gasteiger partial charge is 0.394 e. The molecule has 0 aliphatic rings. The lowest BCUT2D eigenvalue weighted by Gasteiger charge is -2.19. The average Bonchev–Trinajstić information content (AvgIpc) is 3.34. The maximum absolute atomic E-state index is 12.5. The van der Waals surface area contributed by atoms with E-state index in [0.717, 1.165) is 44.9 Å². The third kappa shape index (κ3) is 55.0. The molecule has 0 aromatic rings. The maximum atomic E-state index is 12.5. The Morgan fingerprint density at radius 2 is 0.618 bits per heavy atom. The monoisotopic (exact) mass is 950 g/mol. The van der Waals surface area contributed by atoms with E-state index < -0.39 is 12.1 Å². The van der Waals surface area contributed by atoms with Gasteiger partial charge in [-0.15, -0.1) is 0 Å². The van der Waals surface area contributed by atoms with Crippen molar-refractivity contribution in [3.8, 4) is 0 Å². The molecule has 1 amide bonds. The number of rotatable bonds is 56. The van der Waals surface area contributed by atoms with Crippen molar-refractivity contribution in [1.82, 2.24) is 5.32 Å². The Morgan fingerprint density at radius 3 is 0.956 bits per heavy atom. The molecule has 0 aliphatic carbocycles. The molecular weight excluding hydrogens is 831 g/mol. The molecule has 0 fully saturated rings. The van der Waals surface area contributed by atoms with Gasteiger partial charge in [-0.05, 0) is 70.6 Å². The van der Waals surface area contributed by atoms with Crippen LogP contribution in [0, 0.1) is 0 Å². The molecule has 398 valence electrons. The molecule has 4 heteroatoms. The molecule has 0 aromatic carbocycles. The van der Waals surface area contributed by atoms with Crippen LogP contribution in [0.25, 0.3) is 0 Å². The Hall–Kier alpha value is -1.91. The summed E-state index contributed by atoms with van der Waals surface area (Å²) in [5.41, 5.74) is 0. The summed E-state index contributed by atoms with van der Waals surface area (Å²) in [5, 5.41) is 23.2. The fourth-order valence-electron chi connectivity index (χ4n) is 9.32. The van der Waals surface area contributed by atoms with Crippen molar-refractivity contribution in [2.24, 2.45) is 0 Å². The van der Waals surface area contributed by atoms with Gasteiger partial charge in [0.25, 0.3) is 0 Å². The van der Waals surface area contributed by atoms with Crippen LogP contribution in [0.15, 0.2) is 60.8 Å². The highest BCUT2D eigenvalue weighted by Gasteiger charge is 2.18. The second-order valence-electron chi connectivity index (χ2n) is 20.8. The lowest BCUT2D eigenvalue weighted by atomic mass is 10.0. The summed E-state index contributed by atoms with van der Waals surface area (Å²) < 4.78 is 0. The van der Waals surface area contributed by atoms with Gasteiger partial charge in [0.1, 0.15) is 0 Å². The zero-order valence-corrected chi connectivity index (χ0v) is 45.9. The van der Waals surface area contributed by atoms with Crippen LogP contribution in [-0.4, -0.2) is 34.9 Å². The second-order valence-corrected chi connectivity index (χ2v) is 20.8. The van der Waals surface area contributed by atoms with Gasteiger partial charge in [-0.3, -0.25) is 4.79 Å². The molecule has 0 bridgehead atoms. The number of hydrogen-bond acceptors (Lipinski definition) is 3. The third-order valence-electron chi connectivity index (χ3n) is 14.0. The van der Waals surface area contributed by atoms with Gasteiger partial charge in [-0.1, -0.05) is 306 Å². The molecule has 0 radical (unpaired) electrons. The summed E-state index contributed by atoms with van der Waals surface area (Å²) in [6, 6.07) is -0.642. The van der Waals surface area contributed by atoms with Gasteiger partial charge in [0.05, 0.1) is 18.8 Å². The van der Waals surface area contributed by atoms with Gasteiger partial charge in [-0.2, -0.15) is 0 Å². The fourth-order valence-corrected chi connectivity index (χ4v) is 9.32. The van der Waals surface area contributed by atoms with E-state index in [1.165, 1.54) is 257 Å². The number of aliphatic hydroxyl groups excluding tert-OH is 2. The van der Waals surface area contributed by atoms with Crippen LogP contribution in [0.5, 0.6) is 0 Å². The maximum Gasteiger partial charge on any atom is 0.220 e. The van der Waals surface area contributed by atoms with Crippen molar-refractivity contribution in [2.75, 3.05) is 6.61 Å². The molecular formula is C64H119NO3. The van der Waals surface area contributed by atoms with Crippen molar-refractivity contribution < 1.29 is 15.0 Å². The number of hydrogen-bond donors (Lipinski definition) is 3. The van der Waals surface area contributed by atoms with E-state index in [-0.39, 0.29) is 12.5 Å². The van der Waals surface area contributed by atoms with Gasteiger partial charge in [-0.25, -0.2) is 0 Å². The molecule has 0 saturated heterocycles. The zero-order valence-electron chi connectivity index (χ0n) is 45.9. The first-order valence-corrected chi connectivity index (χ1v) is 30.5. The summed E-state index contributed by atoms with van der Waals surface area (Å²) in [6.07, 6.45) is 84.0. The lowest BCUT2D eigenvalue weighted by Crippen LogP contribution is -2.45. The Kier molecular flexibility index (Phi) is 57.7. The van der Waals surface area contributed by atoms with Gasteiger partial charge in [0.15, 0.2) is 0 Å². The molecule has 0 aliphatic heterocycles. The van der Waals surface area contributed by atoms with Crippen LogP contribution < -0.4 is 5.32 Å². The van der Waals surface area contributed by atoms with E-state index in [2.05, 4.69) is 67.8 Å². The Labute approximate surface area is 426 Å². The molecule has 2 unspecified atom stereocenters. The highest BCUT2D eigenvalue weighted by atomic mass is 16.3. The first-order valence-electron chi connectivity index (χ1n) is 30.5. The summed E-state index contributed by atoms with van der Waals surface area (Å²) >= 11 is 0. The SMILES string of the molecule is CCCCCCC/C=C\C/C=C\C/C=C\CCCCCCCCCCCCCCCCCCC(=O)NC(CO)C(O)/C=C/CC/C=C/CCCCCCCCCCCCCCCCCCCCC. The molecule has 0 spiro atoms. The third-order valence-corrected chi connectivity index (χ3v) is 14.0. The first kappa shape index (κ1) is 66.1. The quantitative estimate of drug-likeness (QED) is 0.0420. The van der Waals surface area contributed by atoms with E-state index >= 15 is 0 Å². The summed E-state index contributed by atoms with van der Waals surface area (Å²) in [7, 11) is 0. The predicted molar refractivity (Wildman–Crippen MR) is 304 cm³/mol. The average molecular weight is 951 g/mol. The molecule has 2 atom stereocenters. The standard InChI is InChI=1S/C64H119NO3/c1-3-5-7-9-11-13-15-17-19-21-23-25-27-29-30-31-32-33-34-36-38-40-42-44-46-48-50-52-54-56-58-60-64(68)65-62(61-66)63(67)59-57-55-53-51-49-47-45-43-41-39-37-35-28-26-24-22-20-18-16-14-12-10-8-6-4-2/h15,17,21,23,27,29,49,51,57,59,62-63,66-67H,3-14,16,18-20,22,24-26,28,30-48,50,52-56,58,60-61H2,1-2H3,(H,65,68)/b17-15-,23-21-,29-27-,51-49+,59-57+. The fraction of sp³-hybridized carbons (Fsp3) is 0.828. The van der Waals surface area contributed by atoms with Gasteiger partial charge in [0, 0.05) is 6.42 Å². The molecule has 0 heterocycles. The van der Waals surface area contributed by atoms with E-state index in [1.54, 1.807) is 6.08 Å². The number of unbranched alkanes of at least 4 members (excludes halogenated alkanes) is 41. The summed E-state index contributed by atoms with van der Waals surface area (Å²) in [5.74, 6) is -0.0708. The van der Waals surface area contributed by atoms with Crippen LogP contribution in [0.3, 0.4) is 0 Å². The highest BCUT2D eigenvalue weighted by Crippen LogP contribution is 2.17. The van der Waals surface area contributed by atoms with Gasteiger partial charge >= 0.3 is 0 Å². The Balaban J connectivity index is 3.51. The topological polar surface area (TPSA) is 69.6 Å². The van der Waals surface area contributed by atoms with Crippen molar-refractivity contribution in [1.29, 1.82) is 0 Å². The van der Waals surface area contributed by atoms with Crippen LogP contribution in [0.2, 0.25) is 0 Å². The van der Waals surface area contributed by atoms with E-state index in [0.29, 0.717) is 6.42 Å². The number of aliphatic hydroxyl groups is 2. The minimum atomic E-state index is -0.865. The minimum absolute atomic E-state index is 0.0708. The lowest BCUT2D eigenvalue weighted by molar-refractivity contribution is -0.123. The van der Waals surface area contributed by atoms with E-state index in [4.69, 9.17) is 0 Å². The number of carbonyl (C=O) groups excluding carboxylic acids is 1.